The fourth-order valence-electron chi connectivity index (χ4n) is 3.72. The molecule has 4 aliphatic rings. The molecule has 6 unspecified atom stereocenters. The SMILES string of the molecule is CC12CCC3OC4OC4CC(O1)C32C. The van der Waals surface area contributed by atoms with Gasteiger partial charge in [-0.25, -0.2) is 0 Å². The summed E-state index contributed by atoms with van der Waals surface area (Å²) in [7, 11) is 0. The summed E-state index contributed by atoms with van der Waals surface area (Å²) in [5.74, 6) is 0. The van der Waals surface area contributed by atoms with Crippen LogP contribution in [0.4, 0.5) is 0 Å². The first kappa shape index (κ1) is 8.08. The molecule has 1 saturated carbocycles. The normalized spacial score (nSPS) is 69.0. The van der Waals surface area contributed by atoms with Crippen LogP contribution in [0.5, 0.6) is 0 Å². The molecule has 1 aliphatic carbocycles. The summed E-state index contributed by atoms with van der Waals surface area (Å²) in [5, 5.41) is 0. The number of hydrogen-bond acceptors (Lipinski definition) is 3. The van der Waals surface area contributed by atoms with E-state index in [0.29, 0.717) is 18.3 Å². The molecule has 3 heterocycles. The number of hydrogen-bond donors (Lipinski definition) is 0. The number of fused-ring (bicyclic) bond motifs is 1. The molecule has 0 aromatic heterocycles. The molecule has 3 saturated heterocycles. The van der Waals surface area contributed by atoms with Crippen molar-refractivity contribution in [2.75, 3.05) is 0 Å². The number of epoxide rings is 1. The molecule has 14 heavy (non-hydrogen) atoms. The van der Waals surface area contributed by atoms with E-state index in [1.807, 2.05) is 0 Å². The van der Waals surface area contributed by atoms with E-state index in [0.717, 1.165) is 19.3 Å². The van der Waals surface area contributed by atoms with Crippen LogP contribution in [0.1, 0.15) is 33.1 Å². The summed E-state index contributed by atoms with van der Waals surface area (Å²) in [4.78, 5) is 0. The van der Waals surface area contributed by atoms with Crippen LogP contribution in [0.15, 0.2) is 0 Å². The molecule has 4 fully saturated rings. The van der Waals surface area contributed by atoms with Gasteiger partial charge in [-0.1, -0.05) is 6.92 Å². The molecule has 0 N–H and O–H groups in total. The maximum atomic E-state index is 6.04. The van der Waals surface area contributed by atoms with Crippen LogP contribution in [-0.2, 0) is 14.2 Å². The molecular formula is C11H16O3. The quantitative estimate of drug-likeness (QED) is 0.549. The lowest BCUT2D eigenvalue weighted by atomic mass is 9.65. The van der Waals surface area contributed by atoms with E-state index in [9.17, 15) is 0 Å². The van der Waals surface area contributed by atoms with E-state index in [4.69, 9.17) is 14.2 Å². The zero-order chi connectivity index (χ0) is 9.55. The highest BCUT2D eigenvalue weighted by atomic mass is 16.8. The predicted molar refractivity (Wildman–Crippen MR) is 48.8 cm³/mol. The van der Waals surface area contributed by atoms with Crippen LogP contribution in [0, 0.1) is 5.41 Å². The van der Waals surface area contributed by atoms with Crippen LogP contribution < -0.4 is 0 Å². The Labute approximate surface area is 83.7 Å². The third kappa shape index (κ3) is 0.668. The van der Waals surface area contributed by atoms with Crippen LogP contribution >= 0.6 is 0 Å². The zero-order valence-electron chi connectivity index (χ0n) is 8.66. The lowest BCUT2D eigenvalue weighted by molar-refractivity contribution is -0.315. The van der Waals surface area contributed by atoms with Gasteiger partial charge in [-0.2, -0.15) is 0 Å². The van der Waals surface area contributed by atoms with Gasteiger partial charge in [0.15, 0.2) is 6.29 Å². The molecule has 0 aromatic rings. The van der Waals surface area contributed by atoms with Gasteiger partial charge in [0.05, 0.1) is 17.8 Å². The zero-order valence-corrected chi connectivity index (χ0v) is 8.66. The van der Waals surface area contributed by atoms with Crippen molar-refractivity contribution in [2.24, 2.45) is 5.41 Å². The highest BCUT2D eigenvalue weighted by Gasteiger charge is 2.72. The van der Waals surface area contributed by atoms with Gasteiger partial charge in [0.1, 0.15) is 6.10 Å². The van der Waals surface area contributed by atoms with Crippen molar-refractivity contribution in [1.82, 2.24) is 0 Å². The van der Waals surface area contributed by atoms with Crippen molar-refractivity contribution >= 4 is 0 Å². The molecule has 3 heteroatoms. The highest BCUT2D eigenvalue weighted by Crippen LogP contribution is 2.64. The van der Waals surface area contributed by atoms with Gasteiger partial charge in [-0.05, 0) is 19.8 Å². The molecule has 0 aromatic carbocycles. The van der Waals surface area contributed by atoms with Gasteiger partial charge in [-0.3, -0.25) is 0 Å². The third-order valence-corrected chi connectivity index (χ3v) is 5.04. The Hall–Kier alpha value is -0.120. The highest BCUT2D eigenvalue weighted by molar-refractivity contribution is 5.19. The second-order valence-electron chi connectivity index (χ2n) is 5.56. The van der Waals surface area contributed by atoms with Crippen molar-refractivity contribution in [3.63, 3.8) is 0 Å². The van der Waals surface area contributed by atoms with Gasteiger partial charge in [0.2, 0.25) is 0 Å². The minimum atomic E-state index is 0.0825. The Kier molecular flexibility index (Phi) is 1.18. The molecule has 0 bridgehead atoms. The molecule has 0 amide bonds. The average molecular weight is 196 g/mol. The topological polar surface area (TPSA) is 31.0 Å². The Morgan fingerprint density at radius 1 is 1.14 bits per heavy atom. The third-order valence-electron chi connectivity index (χ3n) is 5.04. The van der Waals surface area contributed by atoms with Gasteiger partial charge in [0.25, 0.3) is 0 Å². The molecule has 78 valence electrons. The predicted octanol–water partition coefficient (Wildman–Crippen LogP) is 1.46. The van der Waals surface area contributed by atoms with E-state index in [2.05, 4.69) is 13.8 Å². The molecule has 6 atom stereocenters. The molecule has 0 spiro atoms. The smallest absolute Gasteiger partial charge is 0.184 e. The number of rotatable bonds is 0. The Bertz CT molecular complexity index is 303. The largest absolute Gasteiger partial charge is 0.370 e. The van der Waals surface area contributed by atoms with Crippen molar-refractivity contribution in [2.45, 2.75) is 63.3 Å². The molecule has 4 rings (SSSR count). The van der Waals surface area contributed by atoms with Crippen molar-refractivity contribution < 1.29 is 14.2 Å². The monoisotopic (exact) mass is 196 g/mol. The fourth-order valence-corrected chi connectivity index (χ4v) is 3.72. The van der Waals surface area contributed by atoms with E-state index >= 15 is 0 Å². The average Bonchev–Trinajstić information content (AvgIpc) is 2.86. The van der Waals surface area contributed by atoms with E-state index in [1.165, 1.54) is 0 Å². The lowest BCUT2D eigenvalue weighted by Gasteiger charge is -2.59. The van der Waals surface area contributed by atoms with Crippen LogP contribution in [0.25, 0.3) is 0 Å². The van der Waals surface area contributed by atoms with E-state index < -0.39 is 0 Å². The summed E-state index contributed by atoms with van der Waals surface area (Å²) in [6.45, 7) is 4.58. The van der Waals surface area contributed by atoms with Crippen LogP contribution in [0.2, 0.25) is 0 Å². The Morgan fingerprint density at radius 3 is 2.86 bits per heavy atom. The lowest BCUT2D eigenvalue weighted by Crippen LogP contribution is -2.66. The van der Waals surface area contributed by atoms with Gasteiger partial charge in [-0.15, -0.1) is 0 Å². The van der Waals surface area contributed by atoms with Gasteiger partial charge in [0, 0.05) is 11.8 Å². The maximum absolute atomic E-state index is 6.04. The summed E-state index contributed by atoms with van der Waals surface area (Å²) < 4.78 is 17.5. The first-order valence-corrected chi connectivity index (χ1v) is 5.62. The summed E-state index contributed by atoms with van der Waals surface area (Å²) >= 11 is 0. The van der Waals surface area contributed by atoms with Crippen molar-refractivity contribution in [3.05, 3.63) is 0 Å². The van der Waals surface area contributed by atoms with Gasteiger partial charge < -0.3 is 14.2 Å². The van der Waals surface area contributed by atoms with Crippen LogP contribution in [-0.4, -0.2) is 30.2 Å². The second-order valence-corrected chi connectivity index (χ2v) is 5.56. The first-order valence-electron chi connectivity index (χ1n) is 5.62. The molecule has 3 nitrogen and oxygen atoms in total. The first-order chi connectivity index (χ1) is 6.63. The summed E-state index contributed by atoms with van der Waals surface area (Å²) in [5.41, 5.74) is 0.336. The fraction of sp³-hybridized carbons (Fsp3) is 1.00. The molecule has 0 radical (unpaired) electrons. The maximum Gasteiger partial charge on any atom is 0.184 e. The molecule has 3 aliphatic heterocycles. The van der Waals surface area contributed by atoms with E-state index in [-0.39, 0.29) is 17.3 Å². The van der Waals surface area contributed by atoms with Crippen molar-refractivity contribution in [1.29, 1.82) is 0 Å². The Morgan fingerprint density at radius 2 is 2.00 bits per heavy atom. The van der Waals surface area contributed by atoms with Gasteiger partial charge >= 0.3 is 0 Å². The minimum Gasteiger partial charge on any atom is -0.370 e. The number of ether oxygens (including phenoxy) is 3. The summed E-state index contributed by atoms with van der Waals surface area (Å²) in [6.07, 6.45) is 4.47. The Balaban J connectivity index is 1.76. The second kappa shape index (κ2) is 2.04. The minimum absolute atomic E-state index is 0.0825. The standard InChI is InChI=1S/C11H16O3/c1-10-4-3-7-11(10,2)8(14-10)5-6-9(12-6)13-7/h6-9H,3-5H2,1-2H3. The van der Waals surface area contributed by atoms with E-state index in [1.54, 1.807) is 0 Å². The summed E-state index contributed by atoms with van der Waals surface area (Å²) in [6, 6.07) is 0. The molecular weight excluding hydrogens is 180 g/mol. The van der Waals surface area contributed by atoms with Crippen LogP contribution in [0.3, 0.4) is 0 Å². The van der Waals surface area contributed by atoms with Crippen molar-refractivity contribution in [3.8, 4) is 0 Å².